The van der Waals surface area contributed by atoms with Gasteiger partial charge in [-0.05, 0) is 30.2 Å². The van der Waals surface area contributed by atoms with E-state index in [9.17, 15) is 4.39 Å². The van der Waals surface area contributed by atoms with E-state index in [1.165, 1.54) is 12.1 Å². The van der Waals surface area contributed by atoms with Crippen LogP contribution in [0.3, 0.4) is 0 Å². The Bertz CT molecular complexity index is 383. The highest BCUT2D eigenvalue weighted by Gasteiger charge is 2.26. The van der Waals surface area contributed by atoms with Gasteiger partial charge < -0.3 is 4.74 Å². The van der Waals surface area contributed by atoms with Crippen LogP contribution in [-0.4, -0.2) is 24.2 Å². The van der Waals surface area contributed by atoms with Gasteiger partial charge >= 0.3 is 0 Å². The maximum Gasteiger partial charge on any atom is 0.123 e. The molecule has 0 amide bonds. The number of aryl methyl sites for hydroxylation is 1. The molecule has 1 aliphatic rings. The molecule has 3 N–H and O–H groups in total. The van der Waals surface area contributed by atoms with E-state index in [0.29, 0.717) is 0 Å². The molecule has 2 unspecified atom stereocenters. The summed E-state index contributed by atoms with van der Waals surface area (Å²) in [7, 11) is 0. The fourth-order valence-corrected chi connectivity index (χ4v) is 2.94. The van der Waals surface area contributed by atoms with Crippen LogP contribution in [0.1, 0.15) is 17.2 Å². The highest BCUT2D eigenvalue weighted by Crippen LogP contribution is 2.27. The summed E-state index contributed by atoms with van der Waals surface area (Å²) in [6.45, 7) is 2.68. The molecule has 1 fully saturated rings. The van der Waals surface area contributed by atoms with E-state index in [4.69, 9.17) is 10.6 Å². The third kappa shape index (κ3) is 2.98. The molecule has 17 heavy (non-hydrogen) atoms. The third-order valence-electron chi connectivity index (χ3n) is 2.97. The highest BCUT2D eigenvalue weighted by molar-refractivity contribution is 7.99. The molecule has 1 aromatic rings. The van der Waals surface area contributed by atoms with Gasteiger partial charge in [-0.25, -0.2) is 4.39 Å². The van der Waals surface area contributed by atoms with Gasteiger partial charge in [-0.15, -0.1) is 0 Å². The molecular formula is C12H17FN2OS. The second-order valence-corrected chi connectivity index (χ2v) is 5.28. The van der Waals surface area contributed by atoms with Crippen molar-refractivity contribution in [1.29, 1.82) is 0 Å². The van der Waals surface area contributed by atoms with Crippen LogP contribution in [0.15, 0.2) is 18.2 Å². The summed E-state index contributed by atoms with van der Waals surface area (Å²) in [5.74, 6) is 7.24. The minimum absolute atomic E-state index is 0.000694. The van der Waals surface area contributed by atoms with Crippen molar-refractivity contribution in [1.82, 2.24) is 5.43 Å². The second-order valence-electron chi connectivity index (χ2n) is 4.13. The predicted octanol–water partition coefficient (Wildman–Crippen LogP) is 1.77. The predicted molar refractivity (Wildman–Crippen MR) is 68.3 cm³/mol. The van der Waals surface area contributed by atoms with E-state index < -0.39 is 0 Å². The standard InChI is InChI=1S/C12H17FN2OS/c1-8-2-3-9(13)6-10(8)12(15-14)11-7-17-5-4-16-11/h2-3,6,11-12,15H,4-5,7,14H2,1H3. The fraction of sp³-hybridized carbons (Fsp3) is 0.500. The summed E-state index contributed by atoms with van der Waals surface area (Å²) in [4.78, 5) is 0. The van der Waals surface area contributed by atoms with Gasteiger partial charge in [0, 0.05) is 11.5 Å². The quantitative estimate of drug-likeness (QED) is 0.639. The molecule has 1 aromatic carbocycles. The molecule has 2 atom stereocenters. The highest BCUT2D eigenvalue weighted by atomic mass is 32.2. The molecule has 0 radical (unpaired) electrons. The monoisotopic (exact) mass is 256 g/mol. The van der Waals surface area contributed by atoms with Crippen LogP contribution in [0.25, 0.3) is 0 Å². The lowest BCUT2D eigenvalue weighted by molar-refractivity contribution is 0.0465. The zero-order chi connectivity index (χ0) is 12.3. The van der Waals surface area contributed by atoms with Gasteiger partial charge in [-0.3, -0.25) is 11.3 Å². The normalized spacial score (nSPS) is 22.4. The average molecular weight is 256 g/mol. The Balaban J connectivity index is 2.24. The van der Waals surface area contributed by atoms with E-state index in [1.807, 2.05) is 18.7 Å². The molecule has 3 nitrogen and oxygen atoms in total. The zero-order valence-electron chi connectivity index (χ0n) is 9.78. The Morgan fingerprint density at radius 2 is 2.41 bits per heavy atom. The first kappa shape index (κ1) is 12.8. The van der Waals surface area contributed by atoms with Crippen molar-refractivity contribution >= 4 is 11.8 Å². The molecule has 1 saturated heterocycles. The maximum absolute atomic E-state index is 13.3. The van der Waals surface area contributed by atoms with E-state index >= 15 is 0 Å². The number of hydrogen-bond donors (Lipinski definition) is 2. The second kappa shape index (κ2) is 5.82. The Morgan fingerprint density at radius 3 is 3.06 bits per heavy atom. The SMILES string of the molecule is Cc1ccc(F)cc1C(NN)C1CSCCO1. The first-order chi connectivity index (χ1) is 8.22. The van der Waals surface area contributed by atoms with Crippen molar-refractivity contribution in [3.05, 3.63) is 35.1 Å². The van der Waals surface area contributed by atoms with Crippen LogP contribution in [-0.2, 0) is 4.74 Å². The average Bonchev–Trinajstić information content (AvgIpc) is 2.36. The van der Waals surface area contributed by atoms with Crippen molar-refractivity contribution in [3.8, 4) is 0 Å². The van der Waals surface area contributed by atoms with Gasteiger partial charge in [0.1, 0.15) is 5.82 Å². The topological polar surface area (TPSA) is 47.3 Å². The first-order valence-corrected chi connectivity index (χ1v) is 6.79. The smallest absolute Gasteiger partial charge is 0.123 e. The molecule has 94 valence electrons. The molecule has 0 aliphatic carbocycles. The summed E-state index contributed by atoms with van der Waals surface area (Å²) < 4.78 is 19.0. The number of benzene rings is 1. The molecule has 0 aromatic heterocycles. The summed E-state index contributed by atoms with van der Waals surface area (Å²) in [6.07, 6.45) is -0.000694. The number of halogens is 1. The minimum Gasteiger partial charge on any atom is -0.374 e. The van der Waals surface area contributed by atoms with Crippen LogP contribution in [0.2, 0.25) is 0 Å². The fourth-order valence-electron chi connectivity index (χ4n) is 2.04. The molecule has 1 heterocycles. The van der Waals surface area contributed by atoms with Gasteiger partial charge in [0.05, 0.1) is 18.8 Å². The minimum atomic E-state index is -0.241. The number of hydrogen-bond acceptors (Lipinski definition) is 4. The summed E-state index contributed by atoms with van der Waals surface area (Å²) in [6, 6.07) is 4.61. The van der Waals surface area contributed by atoms with Crippen molar-refractivity contribution < 1.29 is 9.13 Å². The van der Waals surface area contributed by atoms with Crippen molar-refractivity contribution in [2.45, 2.75) is 19.1 Å². The molecular weight excluding hydrogens is 239 g/mol. The summed E-state index contributed by atoms with van der Waals surface area (Å²) in [5, 5.41) is 0. The largest absolute Gasteiger partial charge is 0.374 e. The van der Waals surface area contributed by atoms with E-state index in [-0.39, 0.29) is 18.0 Å². The molecule has 5 heteroatoms. The number of nitrogens with one attached hydrogen (secondary N) is 1. The van der Waals surface area contributed by atoms with Crippen LogP contribution in [0, 0.1) is 12.7 Å². The van der Waals surface area contributed by atoms with Crippen molar-refractivity contribution in [3.63, 3.8) is 0 Å². The van der Waals surface area contributed by atoms with Gasteiger partial charge in [0.15, 0.2) is 0 Å². The van der Waals surface area contributed by atoms with Gasteiger partial charge in [0.25, 0.3) is 0 Å². The Morgan fingerprint density at radius 1 is 1.59 bits per heavy atom. The Hall–Kier alpha value is -0.620. The molecule has 0 spiro atoms. The Kier molecular flexibility index (Phi) is 4.39. The summed E-state index contributed by atoms with van der Waals surface area (Å²) >= 11 is 1.84. The van der Waals surface area contributed by atoms with E-state index in [2.05, 4.69) is 5.43 Å². The number of thioether (sulfide) groups is 1. The van der Waals surface area contributed by atoms with Crippen molar-refractivity contribution in [2.24, 2.45) is 5.84 Å². The number of nitrogens with two attached hydrogens (primary N) is 1. The molecule has 0 bridgehead atoms. The number of hydrazine groups is 1. The van der Waals surface area contributed by atoms with Crippen LogP contribution in [0.4, 0.5) is 4.39 Å². The van der Waals surface area contributed by atoms with Crippen LogP contribution in [0.5, 0.6) is 0 Å². The lowest BCUT2D eigenvalue weighted by Crippen LogP contribution is -2.41. The lowest BCUT2D eigenvalue weighted by Gasteiger charge is -2.30. The van der Waals surface area contributed by atoms with Crippen LogP contribution >= 0.6 is 11.8 Å². The van der Waals surface area contributed by atoms with E-state index in [0.717, 1.165) is 29.2 Å². The molecule has 2 rings (SSSR count). The van der Waals surface area contributed by atoms with Gasteiger partial charge in [-0.1, -0.05) is 6.07 Å². The lowest BCUT2D eigenvalue weighted by atomic mass is 9.98. The van der Waals surface area contributed by atoms with E-state index in [1.54, 1.807) is 6.07 Å². The Labute approximate surface area is 105 Å². The third-order valence-corrected chi connectivity index (χ3v) is 3.99. The number of rotatable bonds is 3. The first-order valence-electron chi connectivity index (χ1n) is 5.64. The zero-order valence-corrected chi connectivity index (χ0v) is 10.6. The van der Waals surface area contributed by atoms with Gasteiger partial charge in [0.2, 0.25) is 0 Å². The number of ether oxygens (including phenoxy) is 1. The maximum atomic E-state index is 13.3. The van der Waals surface area contributed by atoms with Crippen molar-refractivity contribution in [2.75, 3.05) is 18.1 Å². The molecule has 0 saturated carbocycles. The molecule has 1 aliphatic heterocycles. The van der Waals surface area contributed by atoms with Crippen LogP contribution < -0.4 is 11.3 Å². The summed E-state index contributed by atoms with van der Waals surface area (Å²) in [5.41, 5.74) is 4.65. The van der Waals surface area contributed by atoms with Gasteiger partial charge in [-0.2, -0.15) is 11.8 Å².